The maximum atomic E-state index is 14.2. The van der Waals surface area contributed by atoms with Crippen LogP contribution in [0.1, 0.15) is 17.5 Å². The van der Waals surface area contributed by atoms with E-state index < -0.39 is 18.1 Å². The van der Waals surface area contributed by atoms with Gasteiger partial charge in [0.05, 0.1) is 0 Å². The van der Waals surface area contributed by atoms with Crippen molar-refractivity contribution in [1.82, 2.24) is 4.90 Å². The van der Waals surface area contributed by atoms with E-state index in [0.29, 0.717) is 0 Å². The molecule has 1 saturated heterocycles. The number of rotatable bonds is 4. The van der Waals surface area contributed by atoms with Gasteiger partial charge in [0.1, 0.15) is 12.6 Å². The second-order valence-corrected chi connectivity index (χ2v) is 5.95. The number of likely N-dealkylation sites (tertiary alicyclic amines) is 1. The fourth-order valence-corrected chi connectivity index (χ4v) is 2.94. The van der Waals surface area contributed by atoms with Crippen LogP contribution < -0.4 is 0 Å². The molecule has 0 bridgehead atoms. The molecule has 1 atom stereocenters. The minimum absolute atomic E-state index is 0.0120. The maximum Gasteiger partial charge on any atom is 0.410 e. The molecule has 1 aliphatic rings. The smallest absolute Gasteiger partial charge is 0.410 e. The molecule has 1 unspecified atom stereocenters. The Labute approximate surface area is 139 Å². The fraction of sp³-hybridized carbons (Fsp3) is 0.316. The fourth-order valence-electron chi connectivity index (χ4n) is 2.94. The van der Waals surface area contributed by atoms with E-state index in [9.17, 15) is 13.6 Å². The summed E-state index contributed by atoms with van der Waals surface area (Å²) in [6.45, 7) is 0.0952. The molecule has 1 heterocycles. The maximum absolute atomic E-state index is 14.2. The van der Waals surface area contributed by atoms with E-state index in [1.807, 2.05) is 36.4 Å². The number of ether oxygens (including phenoxy) is 1. The zero-order valence-corrected chi connectivity index (χ0v) is 13.2. The third-order valence-corrected chi connectivity index (χ3v) is 4.26. The van der Waals surface area contributed by atoms with Crippen LogP contribution in [0.5, 0.6) is 0 Å². The summed E-state index contributed by atoms with van der Waals surface area (Å²) in [5, 5.41) is 0. The highest BCUT2D eigenvalue weighted by atomic mass is 19.3. The van der Waals surface area contributed by atoms with Crippen LogP contribution in [-0.4, -0.2) is 29.5 Å². The standard InChI is InChI=1S/C19H19F2NO2/c20-19(21)11-12-22(17(19)13-15-7-3-1-4-8-15)18(23)24-14-16-9-5-2-6-10-16/h1-10,17H,11-14H2. The van der Waals surface area contributed by atoms with Crippen LogP contribution >= 0.6 is 0 Å². The summed E-state index contributed by atoms with van der Waals surface area (Å²) in [6.07, 6.45) is -0.892. The van der Waals surface area contributed by atoms with E-state index in [0.717, 1.165) is 16.0 Å². The van der Waals surface area contributed by atoms with Gasteiger partial charge in [-0.1, -0.05) is 60.7 Å². The highest BCUT2D eigenvalue weighted by molar-refractivity contribution is 5.69. The van der Waals surface area contributed by atoms with Crippen LogP contribution in [0.15, 0.2) is 60.7 Å². The molecule has 5 heteroatoms. The molecule has 126 valence electrons. The Morgan fingerprint density at radius 2 is 1.62 bits per heavy atom. The van der Waals surface area contributed by atoms with Crippen molar-refractivity contribution >= 4 is 6.09 Å². The van der Waals surface area contributed by atoms with E-state index in [1.165, 1.54) is 0 Å². The van der Waals surface area contributed by atoms with Crippen molar-refractivity contribution in [3.63, 3.8) is 0 Å². The third kappa shape index (κ3) is 3.72. The molecule has 0 aromatic heterocycles. The molecule has 0 radical (unpaired) electrons. The Morgan fingerprint density at radius 1 is 1.04 bits per heavy atom. The summed E-state index contributed by atoms with van der Waals surface area (Å²) in [5.41, 5.74) is 1.61. The molecule has 1 amide bonds. The van der Waals surface area contributed by atoms with Crippen LogP contribution in [0.2, 0.25) is 0 Å². The predicted octanol–water partition coefficient (Wildman–Crippen LogP) is 4.28. The Hall–Kier alpha value is -2.43. The summed E-state index contributed by atoms with van der Waals surface area (Å²) < 4.78 is 33.7. The minimum Gasteiger partial charge on any atom is -0.445 e. The number of carbonyl (C=O) groups is 1. The van der Waals surface area contributed by atoms with Gasteiger partial charge < -0.3 is 4.74 Å². The minimum atomic E-state index is -2.90. The summed E-state index contributed by atoms with van der Waals surface area (Å²) in [5.74, 6) is -2.90. The van der Waals surface area contributed by atoms with Gasteiger partial charge in [-0.3, -0.25) is 4.90 Å². The van der Waals surface area contributed by atoms with Crippen LogP contribution in [-0.2, 0) is 17.8 Å². The topological polar surface area (TPSA) is 29.5 Å². The number of nitrogens with zero attached hydrogens (tertiary/aromatic N) is 1. The molecule has 0 spiro atoms. The zero-order chi connectivity index (χ0) is 17.0. The lowest BCUT2D eigenvalue weighted by atomic mass is 10.0. The van der Waals surface area contributed by atoms with Gasteiger partial charge in [-0.15, -0.1) is 0 Å². The van der Waals surface area contributed by atoms with Gasteiger partial charge in [0.25, 0.3) is 5.92 Å². The lowest BCUT2D eigenvalue weighted by Crippen LogP contribution is -2.44. The summed E-state index contributed by atoms with van der Waals surface area (Å²) in [7, 11) is 0. The Kier molecular flexibility index (Phi) is 4.79. The van der Waals surface area contributed by atoms with Crippen molar-refractivity contribution in [2.75, 3.05) is 6.54 Å². The molecule has 2 aromatic rings. The SMILES string of the molecule is O=C(OCc1ccccc1)N1CCC(F)(F)C1Cc1ccccc1. The molecular formula is C19H19F2NO2. The lowest BCUT2D eigenvalue weighted by Gasteiger charge is -2.27. The van der Waals surface area contributed by atoms with Crippen molar-refractivity contribution in [2.24, 2.45) is 0 Å². The largest absolute Gasteiger partial charge is 0.445 e. The highest BCUT2D eigenvalue weighted by Crippen LogP contribution is 2.36. The van der Waals surface area contributed by atoms with E-state index in [-0.39, 0.29) is 26.0 Å². The van der Waals surface area contributed by atoms with Crippen LogP contribution in [0, 0.1) is 0 Å². The predicted molar refractivity (Wildman–Crippen MR) is 86.8 cm³/mol. The zero-order valence-electron chi connectivity index (χ0n) is 13.2. The monoisotopic (exact) mass is 331 g/mol. The van der Waals surface area contributed by atoms with Crippen molar-refractivity contribution in [1.29, 1.82) is 0 Å². The summed E-state index contributed by atoms with van der Waals surface area (Å²) in [4.78, 5) is 13.4. The second-order valence-electron chi connectivity index (χ2n) is 5.95. The average Bonchev–Trinajstić information content (AvgIpc) is 2.89. The molecule has 0 aliphatic carbocycles. The van der Waals surface area contributed by atoms with Crippen LogP contribution in [0.4, 0.5) is 13.6 Å². The molecule has 1 aliphatic heterocycles. The first kappa shape index (κ1) is 16.4. The molecule has 3 rings (SSSR count). The number of hydrogen-bond acceptors (Lipinski definition) is 2. The Morgan fingerprint density at radius 3 is 2.25 bits per heavy atom. The van der Waals surface area contributed by atoms with E-state index in [2.05, 4.69) is 0 Å². The van der Waals surface area contributed by atoms with Gasteiger partial charge >= 0.3 is 6.09 Å². The molecule has 3 nitrogen and oxygen atoms in total. The Balaban J connectivity index is 1.67. The van der Waals surface area contributed by atoms with Crippen molar-refractivity contribution in [3.05, 3.63) is 71.8 Å². The highest BCUT2D eigenvalue weighted by Gasteiger charge is 2.51. The van der Waals surface area contributed by atoms with Crippen molar-refractivity contribution < 1.29 is 18.3 Å². The first-order chi connectivity index (χ1) is 11.6. The van der Waals surface area contributed by atoms with Gasteiger partial charge in [0.2, 0.25) is 0 Å². The first-order valence-electron chi connectivity index (χ1n) is 7.95. The quantitative estimate of drug-likeness (QED) is 0.837. The van der Waals surface area contributed by atoms with E-state index >= 15 is 0 Å². The summed E-state index contributed by atoms with van der Waals surface area (Å²) >= 11 is 0. The van der Waals surface area contributed by atoms with Crippen LogP contribution in [0.3, 0.4) is 0 Å². The van der Waals surface area contributed by atoms with E-state index in [1.54, 1.807) is 24.3 Å². The van der Waals surface area contributed by atoms with Gasteiger partial charge in [-0.25, -0.2) is 13.6 Å². The first-order valence-corrected chi connectivity index (χ1v) is 7.95. The molecule has 0 saturated carbocycles. The number of amides is 1. The Bertz CT molecular complexity index is 676. The van der Waals surface area contributed by atoms with Gasteiger partial charge in [-0.05, 0) is 17.5 Å². The molecule has 2 aromatic carbocycles. The number of halogens is 2. The average molecular weight is 331 g/mol. The van der Waals surface area contributed by atoms with Crippen molar-refractivity contribution in [3.8, 4) is 0 Å². The third-order valence-electron chi connectivity index (χ3n) is 4.26. The molecular weight excluding hydrogens is 312 g/mol. The number of alkyl halides is 2. The summed E-state index contributed by atoms with van der Waals surface area (Å²) in [6, 6.07) is 17.1. The number of benzene rings is 2. The lowest BCUT2D eigenvalue weighted by molar-refractivity contribution is -0.0324. The molecule has 1 fully saturated rings. The molecule has 24 heavy (non-hydrogen) atoms. The van der Waals surface area contributed by atoms with Crippen LogP contribution in [0.25, 0.3) is 0 Å². The normalized spacial score (nSPS) is 19.2. The number of carbonyl (C=O) groups excluding carboxylic acids is 1. The van der Waals surface area contributed by atoms with Gasteiger partial charge in [-0.2, -0.15) is 0 Å². The van der Waals surface area contributed by atoms with Gasteiger partial charge in [0.15, 0.2) is 0 Å². The molecule has 0 N–H and O–H groups in total. The number of hydrogen-bond donors (Lipinski definition) is 0. The van der Waals surface area contributed by atoms with Gasteiger partial charge in [0, 0.05) is 13.0 Å². The van der Waals surface area contributed by atoms with E-state index in [4.69, 9.17) is 4.74 Å². The second kappa shape index (κ2) is 6.99. The van der Waals surface area contributed by atoms with Crippen molar-refractivity contribution in [2.45, 2.75) is 31.4 Å².